The molecule has 51 heavy (non-hydrogen) atoms. The van der Waals surface area contributed by atoms with E-state index in [1.807, 2.05) is 0 Å². The van der Waals surface area contributed by atoms with Gasteiger partial charge in [-0.15, -0.1) is 0 Å². The third-order valence-corrected chi connectivity index (χ3v) is 10.3. The molecule has 4 aliphatic heterocycles. The summed E-state index contributed by atoms with van der Waals surface area (Å²) < 4.78 is 39.1. The van der Waals surface area contributed by atoms with Gasteiger partial charge in [0.05, 0.1) is 26.4 Å². The van der Waals surface area contributed by atoms with E-state index in [0.717, 1.165) is 11.8 Å². The van der Waals surface area contributed by atoms with Gasteiger partial charge in [0.15, 0.2) is 18.9 Å². The maximum absolute atomic E-state index is 11.1. The van der Waals surface area contributed by atoms with E-state index in [-0.39, 0.29) is 0 Å². The minimum atomic E-state index is -2.01. The third-order valence-electron chi connectivity index (χ3n) is 9.18. The van der Waals surface area contributed by atoms with Gasteiger partial charge in [-0.2, -0.15) is 0 Å². The van der Waals surface area contributed by atoms with E-state index in [1.165, 1.54) is 0 Å². The monoisotopic (exact) mass is 758 g/mol. The molecule has 0 bridgehead atoms. The molecule has 0 aromatic heterocycles. The molecule has 0 unspecified atom stereocenters. The van der Waals surface area contributed by atoms with Gasteiger partial charge >= 0.3 is 0 Å². The number of ether oxygens (including phenoxy) is 7. The average Bonchev–Trinajstić information content (AvgIpc) is 3.14. The normalized spacial score (nSPS) is 48.0. The first-order valence-corrected chi connectivity index (χ1v) is 17.1. The lowest BCUT2D eigenvalue weighted by atomic mass is 9.95. The Bertz CT molecular complexity index is 1200. The van der Waals surface area contributed by atoms with Gasteiger partial charge in [-0.3, -0.25) is 0 Å². The quantitative estimate of drug-likeness (QED) is 0.0942. The molecule has 5 rings (SSSR count). The Labute approximate surface area is 294 Å². The molecule has 20 nitrogen and oxygen atoms in total. The molecule has 0 amide bonds. The molecule has 0 spiro atoms. The zero-order valence-electron chi connectivity index (χ0n) is 26.8. The van der Waals surface area contributed by atoms with E-state index in [0.29, 0.717) is 4.90 Å². The van der Waals surface area contributed by atoms with Crippen LogP contribution in [0.5, 0.6) is 0 Å². The zero-order valence-corrected chi connectivity index (χ0v) is 27.7. The Morgan fingerprint density at radius 2 is 0.804 bits per heavy atom. The highest BCUT2D eigenvalue weighted by atomic mass is 32.2. The Morgan fingerprint density at radius 3 is 1.24 bits per heavy atom. The number of hydrogen-bond donors (Lipinski definition) is 13. The summed E-state index contributed by atoms with van der Waals surface area (Å²) in [6, 6.07) is 8.82. The number of hydrogen-bond acceptors (Lipinski definition) is 21. The van der Waals surface area contributed by atoms with Crippen molar-refractivity contribution in [3.63, 3.8) is 0 Å². The largest absolute Gasteiger partial charge is 0.394 e. The predicted molar refractivity (Wildman–Crippen MR) is 164 cm³/mol. The van der Waals surface area contributed by atoms with Crippen molar-refractivity contribution in [2.75, 3.05) is 26.4 Å². The zero-order chi connectivity index (χ0) is 37.1. The van der Waals surface area contributed by atoms with Crippen LogP contribution in [0.3, 0.4) is 0 Å². The minimum absolute atomic E-state index is 0.687. The molecule has 13 N–H and O–H groups in total. The molecule has 4 aliphatic rings. The number of thioether (sulfide) groups is 1. The topological polar surface area (TPSA) is 328 Å². The molecule has 4 heterocycles. The molecule has 20 atom stereocenters. The number of rotatable bonds is 12. The maximum atomic E-state index is 11.1. The van der Waals surface area contributed by atoms with Crippen LogP contribution in [0.2, 0.25) is 0 Å². The summed E-state index contributed by atoms with van der Waals surface area (Å²) in [6.45, 7) is -3.23. The predicted octanol–water partition coefficient (Wildman–Crippen LogP) is -6.95. The molecule has 4 saturated heterocycles. The van der Waals surface area contributed by atoms with E-state index >= 15 is 0 Å². The Hall–Kier alpha value is -1.23. The van der Waals surface area contributed by atoms with E-state index < -0.39 is 148 Å². The van der Waals surface area contributed by atoms with Crippen molar-refractivity contribution in [2.45, 2.75) is 127 Å². The summed E-state index contributed by atoms with van der Waals surface area (Å²) in [5, 5.41) is 136. The minimum Gasteiger partial charge on any atom is -0.394 e. The summed E-state index contributed by atoms with van der Waals surface area (Å²) in [6.07, 6.45) is -32.4. The van der Waals surface area contributed by atoms with Gasteiger partial charge < -0.3 is 99.5 Å². The molecule has 21 heteroatoms. The van der Waals surface area contributed by atoms with Crippen molar-refractivity contribution < 1.29 is 99.5 Å². The lowest BCUT2D eigenvalue weighted by molar-refractivity contribution is -0.384. The first-order chi connectivity index (χ1) is 24.3. The van der Waals surface area contributed by atoms with Crippen molar-refractivity contribution in [3.05, 3.63) is 30.3 Å². The molecule has 0 saturated carbocycles. The van der Waals surface area contributed by atoms with Crippen LogP contribution >= 0.6 is 11.8 Å². The number of aliphatic hydroxyl groups excluding tert-OH is 13. The second-order valence-electron chi connectivity index (χ2n) is 12.6. The molecular weight excluding hydrogens is 712 g/mol. The lowest BCUT2D eigenvalue weighted by Crippen LogP contribution is -2.67. The van der Waals surface area contributed by atoms with E-state index in [4.69, 9.17) is 33.2 Å². The van der Waals surface area contributed by atoms with Crippen LogP contribution in [0.25, 0.3) is 0 Å². The highest BCUT2D eigenvalue weighted by Gasteiger charge is 2.55. The molecule has 292 valence electrons. The summed E-state index contributed by atoms with van der Waals surface area (Å²) in [5.41, 5.74) is -1.02. The Morgan fingerprint density at radius 1 is 0.431 bits per heavy atom. The fourth-order valence-electron chi connectivity index (χ4n) is 6.26. The second kappa shape index (κ2) is 17.9. The van der Waals surface area contributed by atoms with Crippen LogP contribution in [-0.2, 0) is 33.2 Å². The van der Waals surface area contributed by atoms with Crippen molar-refractivity contribution in [1.29, 1.82) is 0 Å². The smallest absolute Gasteiger partial charge is 0.187 e. The Kier molecular flexibility index (Phi) is 14.4. The van der Waals surface area contributed by atoms with Crippen LogP contribution in [-0.4, -0.2) is 215 Å². The van der Waals surface area contributed by atoms with Gasteiger partial charge in [-0.25, -0.2) is 0 Å². The van der Waals surface area contributed by atoms with Crippen LogP contribution in [0.15, 0.2) is 35.2 Å². The first kappa shape index (κ1) is 40.9. The summed E-state index contributed by atoms with van der Waals surface area (Å²) in [5.74, 6) is 0. The second-order valence-corrected chi connectivity index (χ2v) is 13.7. The van der Waals surface area contributed by atoms with Crippen molar-refractivity contribution in [2.24, 2.45) is 0 Å². The highest BCUT2D eigenvalue weighted by molar-refractivity contribution is 7.99. The fourth-order valence-corrected chi connectivity index (χ4v) is 7.34. The Balaban J connectivity index is 1.23. The van der Waals surface area contributed by atoms with Crippen LogP contribution in [0.1, 0.15) is 0 Å². The standard InChI is InChI=1S/C30H46O20S/c31-6-11-15(35)16(36)20(40)27(44-11)48-24-12(7-32)45-28(21(41)17(24)37)49-25-13(8-33)46-29(22(42)18(25)38)50-26-14(9-34)47-30(23(43)19(26)39)51-10-4-2-1-3-5-10/h1-5,11-43H,6-9H2/t11-,12-,13-,14-,15+,16+,17-,18-,19-,20-,21-,22-,23-,24-,25-,26-,27+,28+,29+,30-/m1/s1. The SMILES string of the molecule is OC[C@H]1O[C@@H](O[C@H]2[C@H](O)[C@@H](O)[C@H](O[C@H]3[C@H](O)[C@@H](O)[C@H](O[C@H]4[C@H](O)[C@@H](O)[C@@H](Sc5ccccc5)O[C@@H]4CO)O[C@@H]3CO)O[C@@H]2CO)[C@H](O)[C@@H](O)[C@H]1O. The summed E-state index contributed by atoms with van der Waals surface area (Å²) >= 11 is 1.09. The summed E-state index contributed by atoms with van der Waals surface area (Å²) in [4.78, 5) is 0.706. The average molecular weight is 759 g/mol. The van der Waals surface area contributed by atoms with Crippen molar-refractivity contribution in [3.8, 4) is 0 Å². The molecule has 4 fully saturated rings. The third kappa shape index (κ3) is 8.69. The van der Waals surface area contributed by atoms with E-state index in [2.05, 4.69) is 0 Å². The number of aliphatic hydroxyl groups is 13. The van der Waals surface area contributed by atoms with Gasteiger partial charge in [0.25, 0.3) is 0 Å². The molecule has 1 aromatic carbocycles. The first-order valence-electron chi connectivity index (χ1n) is 16.2. The molecular formula is C30H46O20S. The molecule has 0 radical (unpaired) electrons. The van der Waals surface area contributed by atoms with Crippen LogP contribution < -0.4 is 0 Å². The molecule has 1 aromatic rings. The van der Waals surface area contributed by atoms with Crippen molar-refractivity contribution >= 4 is 11.8 Å². The summed E-state index contributed by atoms with van der Waals surface area (Å²) in [7, 11) is 0. The maximum Gasteiger partial charge on any atom is 0.187 e. The van der Waals surface area contributed by atoms with Crippen LogP contribution in [0, 0.1) is 0 Å². The van der Waals surface area contributed by atoms with Crippen LogP contribution in [0.4, 0.5) is 0 Å². The number of benzene rings is 1. The van der Waals surface area contributed by atoms with Gasteiger partial charge in [0, 0.05) is 4.90 Å². The van der Waals surface area contributed by atoms with E-state index in [9.17, 15) is 66.4 Å². The molecule has 0 aliphatic carbocycles. The lowest BCUT2D eigenvalue weighted by Gasteiger charge is -2.49. The van der Waals surface area contributed by atoms with Gasteiger partial charge in [-0.05, 0) is 12.1 Å². The van der Waals surface area contributed by atoms with Gasteiger partial charge in [0.2, 0.25) is 0 Å². The van der Waals surface area contributed by atoms with Crippen molar-refractivity contribution in [1.82, 2.24) is 0 Å². The van der Waals surface area contributed by atoms with E-state index in [1.54, 1.807) is 30.3 Å². The fraction of sp³-hybridized carbons (Fsp3) is 0.800. The van der Waals surface area contributed by atoms with Gasteiger partial charge in [-0.1, -0.05) is 30.0 Å². The highest BCUT2D eigenvalue weighted by Crippen LogP contribution is 2.37. The van der Waals surface area contributed by atoms with Gasteiger partial charge in [0.1, 0.15) is 103 Å².